The maximum atomic E-state index is 12.1. The van der Waals surface area contributed by atoms with Crippen LogP contribution < -0.4 is 5.73 Å². The second kappa shape index (κ2) is 6.43. The number of esters is 1. The van der Waals surface area contributed by atoms with Crippen LogP contribution in [0.5, 0.6) is 0 Å². The molecule has 2 N–H and O–H groups in total. The van der Waals surface area contributed by atoms with E-state index >= 15 is 0 Å². The number of hydrogen-bond acceptors (Lipinski definition) is 5. The van der Waals surface area contributed by atoms with Gasteiger partial charge < -0.3 is 10.5 Å². The summed E-state index contributed by atoms with van der Waals surface area (Å²) in [7, 11) is 0. The zero-order chi connectivity index (χ0) is 14.7. The molecule has 0 radical (unpaired) electrons. The molecule has 1 aliphatic rings. The van der Waals surface area contributed by atoms with Crippen LogP contribution in [-0.4, -0.2) is 23.8 Å². The van der Waals surface area contributed by atoms with Crippen LogP contribution in [0.1, 0.15) is 19.4 Å². The smallest absolute Gasteiger partial charge is 0.341 e. The summed E-state index contributed by atoms with van der Waals surface area (Å²) >= 11 is 7.23. The predicted octanol–water partition coefficient (Wildman–Crippen LogP) is 3.06. The summed E-state index contributed by atoms with van der Waals surface area (Å²) in [5.74, 6) is -0.377. The van der Waals surface area contributed by atoms with Gasteiger partial charge >= 0.3 is 5.97 Å². The summed E-state index contributed by atoms with van der Waals surface area (Å²) in [4.78, 5) is 17.1. The molecule has 0 amide bonds. The molecule has 0 saturated carbocycles. The van der Waals surface area contributed by atoms with Gasteiger partial charge in [0.15, 0.2) is 0 Å². The van der Waals surface area contributed by atoms with Gasteiger partial charge in [0.25, 0.3) is 0 Å². The van der Waals surface area contributed by atoms with Crippen molar-refractivity contribution >= 4 is 39.9 Å². The molecule has 4 nitrogen and oxygen atoms in total. The molecule has 0 saturated heterocycles. The predicted molar refractivity (Wildman–Crippen MR) is 83.7 cm³/mol. The lowest BCUT2D eigenvalue weighted by molar-refractivity contribution is -0.137. The van der Waals surface area contributed by atoms with E-state index in [4.69, 9.17) is 22.1 Å². The van der Waals surface area contributed by atoms with Crippen molar-refractivity contribution in [2.45, 2.75) is 19.3 Å². The number of carbonyl (C=O) groups is 1. The SMILES string of the molecule is CCOC(=O)C1=C(c2ccc(Cl)cc2)SC(N)N=C1C. The Kier molecular flexibility index (Phi) is 4.86. The molecule has 0 aromatic heterocycles. The van der Waals surface area contributed by atoms with Crippen LogP contribution in [0.4, 0.5) is 0 Å². The molecule has 106 valence electrons. The lowest BCUT2D eigenvalue weighted by Gasteiger charge is -2.21. The number of rotatable bonds is 3. The third kappa shape index (κ3) is 3.23. The third-order valence-electron chi connectivity index (χ3n) is 2.73. The molecular formula is C14H15ClN2O2S. The van der Waals surface area contributed by atoms with Gasteiger partial charge in [-0.3, -0.25) is 4.99 Å². The first-order valence-corrected chi connectivity index (χ1v) is 7.43. The van der Waals surface area contributed by atoms with Gasteiger partial charge in [0, 0.05) is 9.93 Å². The molecule has 1 unspecified atom stereocenters. The summed E-state index contributed by atoms with van der Waals surface area (Å²) in [6.07, 6.45) is 0. The van der Waals surface area contributed by atoms with Crippen molar-refractivity contribution in [2.75, 3.05) is 6.61 Å². The van der Waals surface area contributed by atoms with E-state index in [1.807, 2.05) is 12.1 Å². The average molecular weight is 311 g/mol. The minimum absolute atomic E-state index is 0.320. The average Bonchev–Trinajstić information content (AvgIpc) is 2.38. The van der Waals surface area contributed by atoms with Crippen LogP contribution in [0, 0.1) is 0 Å². The van der Waals surface area contributed by atoms with Gasteiger partial charge in [0.2, 0.25) is 0 Å². The number of carbonyl (C=O) groups excluding carboxylic acids is 1. The summed E-state index contributed by atoms with van der Waals surface area (Å²) < 4.78 is 5.10. The van der Waals surface area contributed by atoms with E-state index in [1.165, 1.54) is 11.8 Å². The van der Waals surface area contributed by atoms with Gasteiger partial charge in [0.05, 0.1) is 17.9 Å². The van der Waals surface area contributed by atoms with Crippen LogP contribution in [-0.2, 0) is 9.53 Å². The minimum Gasteiger partial charge on any atom is -0.462 e. The quantitative estimate of drug-likeness (QED) is 0.871. The highest BCUT2D eigenvalue weighted by molar-refractivity contribution is 8.09. The molecule has 1 aliphatic heterocycles. The first kappa shape index (κ1) is 15.1. The van der Waals surface area contributed by atoms with E-state index in [-0.39, 0.29) is 5.97 Å². The second-order valence-corrected chi connectivity index (χ2v) is 5.72. The number of halogens is 1. The molecule has 0 fully saturated rings. The lowest BCUT2D eigenvalue weighted by atomic mass is 10.1. The fourth-order valence-corrected chi connectivity index (χ4v) is 3.08. The Hall–Kier alpha value is -1.30. The van der Waals surface area contributed by atoms with Crippen molar-refractivity contribution in [3.8, 4) is 0 Å². The summed E-state index contributed by atoms with van der Waals surface area (Å²) in [6, 6.07) is 7.27. The molecular weight excluding hydrogens is 296 g/mol. The second-order valence-electron chi connectivity index (χ2n) is 4.15. The zero-order valence-electron chi connectivity index (χ0n) is 11.2. The van der Waals surface area contributed by atoms with Gasteiger partial charge in [-0.15, -0.1) is 0 Å². The van der Waals surface area contributed by atoms with Crippen molar-refractivity contribution in [3.05, 3.63) is 40.4 Å². The maximum Gasteiger partial charge on any atom is 0.341 e. The zero-order valence-corrected chi connectivity index (χ0v) is 12.8. The minimum atomic E-state index is -0.418. The van der Waals surface area contributed by atoms with E-state index in [2.05, 4.69) is 4.99 Å². The Morgan fingerprint density at radius 2 is 2.10 bits per heavy atom. The standard InChI is InChI=1S/C14H15ClN2O2S/c1-3-19-13(18)11-8(2)17-14(16)20-12(11)9-4-6-10(15)7-5-9/h4-7,14H,3,16H2,1-2H3. The highest BCUT2D eigenvalue weighted by Gasteiger charge is 2.27. The van der Waals surface area contributed by atoms with Crippen LogP contribution in [0.15, 0.2) is 34.8 Å². The first-order chi connectivity index (χ1) is 9.52. The fraction of sp³-hybridized carbons (Fsp3) is 0.286. The lowest BCUT2D eigenvalue weighted by Crippen LogP contribution is -2.24. The van der Waals surface area contributed by atoms with Gasteiger partial charge in [-0.1, -0.05) is 35.5 Å². The van der Waals surface area contributed by atoms with Crippen LogP contribution in [0.25, 0.3) is 4.91 Å². The summed E-state index contributed by atoms with van der Waals surface area (Å²) in [5.41, 5.74) is 7.42. The molecule has 20 heavy (non-hydrogen) atoms. The van der Waals surface area contributed by atoms with Crippen molar-refractivity contribution in [2.24, 2.45) is 10.7 Å². The topological polar surface area (TPSA) is 64.7 Å². The molecule has 2 rings (SSSR count). The molecule has 0 spiro atoms. The number of nitrogens with zero attached hydrogens (tertiary/aromatic N) is 1. The molecule has 0 aliphatic carbocycles. The van der Waals surface area contributed by atoms with Crippen molar-refractivity contribution in [1.82, 2.24) is 0 Å². The molecule has 1 heterocycles. The van der Waals surface area contributed by atoms with Crippen molar-refractivity contribution in [1.29, 1.82) is 0 Å². The molecule has 1 aromatic carbocycles. The Bertz CT molecular complexity index is 581. The van der Waals surface area contributed by atoms with Gasteiger partial charge in [0.1, 0.15) is 5.50 Å². The summed E-state index contributed by atoms with van der Waals surface area (Å²) in [5, 5.41) is 0.641. The van der Waals surface area contributed by atoms with Crippen LogP contribution in [0.3, 0.4) is 0 Å². The largest absolute Gasteiger partial charge is 0.462 e. The fourth-order valence-electron chi connectivity index (χ4n) is 1.88. The number of nitrogens with two attached hydrogens (primary N) is 1. The maximum absolute atomic E-state index is 12.1. The Labute approximate surface area is 127 Å². The molecule has 1 aromatic rings. The van der Waals surface area contributed by atoms with E-state index in [0.717, 1.165) is 10.5 Å². The monoisotopic (exact) mass is 310 g/mol. The molecule has 1 atom stereocenters. The Balaban J connectivity index is 2.51. The molecule has 0 bridgehead atoms. The van der Waals surface area contributed by atoms with E-state index in [1.54, 1.807) is 26.0 Å². The normalized spacial score (nSPS) is 18.8. The van der Waals surface area contributed by atoms with Crippen LogP contribution >= 0.6 is 23.4 Å². The number of thioether (sulfide) groups is 1. The van der Waals surface area contributed by atoms with E-state index in [0.29, 0.717) is 22.9 Å². The van der Waals surface area contributed by atoms with Gasteiger partial charge in [-0.25, -0.2) is 4.79 Å². The summed E-state index contributed by atoms with van der Waals surface area (Å²) in [6.45, 7) is 3.86. The first-order valence-electron chi connectivity index (χ1n) is 6.17. The van der Waals surface area contributed by atoms with E-state index in [9.17, 15) is 4.79 Å². The third-order valence-corrected chi connectivity index (χ3v) is 4.01. The van der Waals surface area contributed by atoms with Gasteiger partial charge in [-0.2, -0.15) is 0 Å². The number of hydrogen-bond donors (Lipinski definition) is 1. The van der Waals surface area contributed by atoms with Crippen molar-refractivity contribution in [3.63, 3.8) is 0 Å². The number of benzene rings is 1. The Morgan fingerprint density at radius 3 is 2.70 bits per heavy atom. The van der Waals surface area contributed by atoms with Crippen molar-refractivity contribution < 1.29 is 9.53 Å². The highest BCUT2D eigenvalue weighted by Crippen LogP contribution is 2.37. The van der Waals surface area contributed by atoms with Gasteiger partial charge in [-0.05, 0) is 31.5 Å². The van der Waals surface area contributed by atoms with E-state index < -0.39 is 5.50 Å². The molecule has 6 heteroatoms. The van der Waals surface area contributed by atoms with Crippen LogP contribution in [0.2, 0.25) is 5.02 Å². The highest BCUT2D eigenvalue weighted by atomic mass is 35.5. The number of aliphatic imine (C=N–C) groups is 1. The number of ether oxygens (including phenoxy) is 1. The Morgan fingerprint density at radius 1 is 1.45 bits per heavy atom.